The van der Waals surface area contributed by atoms with Crippen LogP contribution in [-0.2, 0) is 11.2 Å². The van der Waals surface area contributed by atoms with Crippen molar-refractivity contribution in [2.75, 3.05) is 7.11 Å². The van der Waals surface area contributed by atoms with Gasteiger partial charge in [-0.1, -0.05) is 6.08 Å². The van der Waals surface area contributed by atoms with Gasteiger partial charge in [0.1, 0.15) is 0 Å². The predicted molar refractivity (Wildman–Crippen MR) is 56.9 cm³/mol. The minimum Gasteiger partial charge on any atom is -0.494 e. The standard InChI is InChI=1S/C12H11FO3/c1-16-11-6-9-7(4-10(11)13)2-3-8(9)5-12(14)15/h3-4,6H,2,5H2,1H3,(H,14,15). The molecule has 0 atom stereocenters. The van der Waals surface area contributed by atoms with Crippen LogP contribution >= 0.6 is 0 Å². The molecule has 0 saturated heterocycles. The zero-order valence-electron chi connectivity index (χ0n) is 8.79. The van der Waals surface area contributed by atoms with Crippen LogP contribution in [0.25, 0.3) is 5.57 Å². The molecule has 0 saturated carbocycles. The Balaban J connectivity index is 2.39. The molecule has 0 radical (unpaired) electrons. The number of carbonyl (C=O) groups is 1. The topological polar surface area (TPSA) is 46.5 Å². The Hall–Kier alpha value is -1.84. The van der Waals surface area contributed by atoms with Crippen LogP contribution < -0.4 is 4.74 Å². The van der Waals surface area contributed by atoms with E-state index in [-0.39, 0.29) is 12.2 Å². The lowest BCUT2D eigenvalue weighted by molar-refractivity contribution is -0.135. The maximum absolute atomic E-state index is 13.4. The molecular formula is C12H11FO3. The average molecular weight is 222 g/mol. The number of carboxylic acids is 1. The lowest BCUT2D eigenvalue weighted by atomic mass is 10.0. The molecule has 1 aromatic carbocycles. The van der Waals surface area contributed by atoms with Crippen LogP contribution in [0, 0.1) is 5.82 Å². The second-order valence-corrected chi connectivity index (χ2v) is 3.65. The van der Waals surface area contributed by atoms with Crippen LogP contribution in [0.15, 0.2) is 18.2 Å². The van der Waals surface area contributed by atoms with Crippen molar-refractivity contribution >= 4 is 11.5 Å². The summed E-state index contributed by atoms with van der Waals surface area (Å²) in [5, 5.41) is 8.73. The molecule has 0 bridgehead atoms. The number of aliphatic carboxylic acids is 1. The number of fused-ring (bicyclic) bond motifs is 1. The molecule has 0 aliphatic heterocycles. The summed E-state index contributed by atoms with van der Waals surface area (Å²) in [6.07, 6.45) is 2.36. The highest BCUT2D eigenvalue weighted by molar-refractivity contribution is 5.87. The first kappa shape index (κ1) is 10.7. The van der Waals surface area contributed by atoms with Crippen molar-refractivity contribution in [3.05, 3.63) is 35.2 Å². The Labute approximate surface area is 92.2 Å². The van der Waals surface area contributed by atoms with Gasteiger partial charge in [0.05, 0.1) is 13.5 Å². The molecule has 16 heavy (non-hydrogen) atoms. The molecule has 1 aliphatic rings. The first-order valence-electron chi connectivity index (χ1n) is 4.89. The van der Waals surface area contributed by atoms with Crippen LogP contribution in [0.2, 0.25) is 0 Å². The lowest BCUT2D eigenvalue weighted by Crippen LogP contribution is -1.97. The summed E-state index contributed by atoms with van der Waals surface area (Å²) in [6, 6.07) is 2.96. The van der Waals surface area contributed by atoms with E-state index in [0.29, 0.717) is 6.42 Å². The molecule has 1 aromatic rings. The molecule has 84 valence electrons. The highest BCUT2D eigenvalue weighted by Gasteiger charge is 2.19. The quantitative estimate of drug-likeness (QED) is 0.853. The summed E-state index contributed by atoms with van der Waals surface area (Å²) >= 11 is 0. The second-order valence-electron chi connectivity index (χ2n) is 3.65. The Morgan fingerprint density at radius 3 is 2.94 bits per heavy atom. The van der Waals surface area contributed by atoms with Crippen LogP contribution in [0.4, 0.5) is 4.39 Å². The lowest BCUT2D eigenvalue weighted by Gasteiger charge is -2.07. The molecule has 3 nitrogen and oxygen atoms in total. The van der Waals surface area contributed by atoms with Gasteiger partial charge in [0, 0.05) is 0 Å². The van der Waals surface area contributed by atoms with E-state index in [1.807, 2.05) is 6.08 Å². The van der Waals surface area contributed by atoms with Crippen molar-refractivity contribution in [1.29, 1.82) is 0 Å². The van der Waals surface area contributed by atoms with Gasteiger partial charge in [0.25, 0.3) is 0 Å². The number of rotatable bonds is 3. The van der Waals surface area contributed by atoms with Crippen LogP contribution in [0.3, 0.4) is 0 Å². The summed E-state index contributed by atoms with van der Waals surface area (Å²) in [4.78, 5) is 10.6. The number of methoxy groups -OCH3 is 1. The van der Waals surface area contributed by atoms with Gasteiger partial charge < -0.3 is 9.84 Å². The van der Waals surface area contributed by atoms with Gasteiger partial charge in [-0.25, -0.2) is 4.39 Å². The maximum Gasteiger partial charge on any atom is 0.307 e. The summed E-state index contributed by atoms with van der Waals surface area (Å²) < 4.78 is 18.2. The molecule has 0 fully saturated rings. The molecule has 0 unspecified atom stereocenters. The molecule has 0 spiro atoms. The molecule has 1 aliphatic carbocycles. The third-order valence-corrected chi connectivity index (χ3v) is 2.63. The number of carboxylic acid groups (broad SMARTS) is 1. The van der Waals surface area contributed by atoms with E-state index in [9.17, 15) is 9.18 Å². The molecular weight excluding hydrogens is 211 g/mol. The SMILES string of the molecule is COc1cc2c(cc1F)CC=C2CC(=O)O. The van der Waals surface area contributed by atoms with E-state index in [1.54, 1.807) is 6.07 Å². The smallest absolute Gasteiger partial charge is 0.307 e. The van der Waals surface area contributed by atoms with Crippen molar-refractivity contribution in [3.8, 4) is 5.75 Å². The molecule has 0 amide bonds. The van der Waals surface area contributed by atoms with Gasteiger partial charge in [0.15, 0.2) is 11.6 Å². The summed E-state index contributed by atoms with van der Waals surface area (Å²) in [6.45, 7) is 0. The summed E-state index contributed by atoms with van der Waals surface area (Å²) in [5.74, 6) is -1.15. The van der Waals surface area contributed by atoms with Crippen molar-refractivity contribution in [1.82, 2.24) is 0 Å². The fourth-order valence-corrected chi connectivity index (χ4v) is 1.89. The van der Waals surface area contributed by atoms with E-state index >= 15 is 0 Å². The number of benzene rings is 1. The van der Waals surface area contributed by atoms with Gasteiger partial charge in [-0.2, -0.15) is 0 Å². The van der Waals surface area contributed by atoms with E-state index in [4.69, 9.17) is 9.84 Å². The summed E-state index contributed by atoms with van der Waals surface area (Å²) in [7, 11) is 1.39. The normalized spacial score (nSPS) is 13.2. The van der Waals surface area contributed by atoms with Crippen LogP contribution in [-0.4, -0.2) is 18.2 Å². The van der Waals surface area contributed by atoms with E-state index in [2.05, 4.69) is 0 Å². The first-order valence-corrected chi connectivity index (χ1v) is 4.89. The van der Waals surface area contributed by atoms with Crippen LogP contribution in [0.5, 0.6) is 5.75 Å². The number of allylic oxidation sites excluding steroid dienone is 1. The second kappa shape index (κ2) is 3.96. The van der Waals surface area contributed by atoms with Crippen LogP contribution in [0.1, 0.15) is 17.5 Å². The average Bonchev–Trinajstić information content (AvgIpc) is 2.59. The van der Waals surface area contributed by atoms with Gasteiger partial charge in [-0.3, -0.25) is 4.79 Å². The Morgan fingerprint density at radius 2 is 2.31 bits per heavy atom. The first-order chi connectivity index (χ1) is 7.61. The fraction of sp³-hybridized carbons (Fsp3) is 0.250. The number of hydrogen-bond donors (Lipinski definition) is 1. The van der Waals surface area contributed by atoms with Gasteiger partial charge in [-0.15, -0.1) is 0 Å². The van der Waals surface area contributed by atoms with E-state index in [0.717, 1.165) is 16.7 Å². The predicted octanol–water partition coefficient (Wildman–Crippen LogP) is 2.25. The molecule has 4 heteroatoms. The highest BCUT2D eigenvalue weighted by atomic mass is 19.1. The van der Waals surface area contributed by atoms with Gasteiger partial charge in [0.2, 0.25) is 0 Å². The number of halogens is 1. The number of hydrogen-bond acceptors (Lipinski definition) is 2. The van der Waals surface area contributed by atoms with Crippen molar-refractivity contribution in [3.63, 3.8) is 0 Å². The monoisotopic (exact) mass is 222 g/mol. The minimum atomic E-state index is -0.887. The Morgan fingerprint density at radius 1 is 1.56 bits per heavy atom. The molecule has 1 N–H and O–H groups in total. The van der Waals surface area contributed by atoms with Crippen molar-refractivity contribution < 1.29 is 19.0 Å². The maximum atomic E-state index is 13.4. The molecule has 0 heterocycles. The zero-order valence-corrected chi connectivity index (χ0v) is 8.79. The highest BCUT2D eigenvalue weighted by Crippen LogP contribution is 2.34. The fourth-order valence-electron chi connectivity index (χ4n) is 1.89. The minimum absolute atomic E-state index is 0.0399. The third kappa shape index (κ3) is 1.78. The van der Waals surface area contributed by atoms with Crippen molar-refractivity contribution in [2.24, 2.45) is 0 Å². The molecule has 2 rings (SSSR count). The van der Waals surface area contributed by atoms with Gasteiger partial charge >= 0.3 is 5.97 Å². The Bertz CT molecular complexity index is 477. The zero-order chi connectivity index (χ0) is 11.7. The largest absolute Gasteiger partial charge is 0.494 e. The Kier molecular flexibility index (Phi) is 2.64. The van der Waals surface area contributed by atoms with Crippen molar-refractivity contribution in [2.45, 2.75) is 12.8 Å². The molecule has 0 aromatic heterocycles. The third-order valence-electron chi connectivity index (χ3n) is 2.63. The van der Waals surface area contributed by atoms with E-state index in [1.165, 1.54) is 13.2 Å². The van der Waals surface area contributed by atoms with E-state index < -0.39 is 11.8 Å². The van der Waals surface area contributed by atoms with Gasteiger partial charge in [-0.05, 0) is 35.3 Å². The number of ether oxygens (including phenoxy) is 1. The summed E-state index contributed by atoms with van der Waals surface area (Å²) in [5.41, 5.74) is 2.32.